The van der Waals surface area contributed by atoms with Crippen molar-refractivity contribution in [2.75, 3.05) is 0 Å². The molecule has 0 aliphatic carbocycles. The number of aliphatic hydroxyl groups is 1. The van der Waals surface area contributed by atoms with Crippen LogP contribution in [-0.2, 0) is 4.74 Å². The first-order valence-corrected chi connectivity index (χ1v) is 9.36. The molecule has 26 heavy (non-hydrogen) atoms. The monoisotopic (exact) mass is 374 g/mol. The molecule has 2 aromatic carbocycles. The molecule has 3 nitrogen and oxygen atoms in total. The van der Waals surface area contributed by atoms with Crippen LogP contribution in [0.25, 0.3) is 0 Å². The molecule has 2 aromatic rings. The van der Waals surface area contributed by atoms with E-state index >= 15 is 0 Å². The highest BCUT2D eigenvalue weighted by Gasteiger charge is 2.23. The molecule has 2 rings (SSSR count). The van der Waals surface area contributed by atoms with Crippen LogP contribution in [-0.4, -0.2) is 16.7 Å². The van der Waals surface area contributed by atoms with Gasteiger partial charge in [0.2, 0.25) is 0 Å². The van der Waals surface area contributed by atoms with Crippen LogP contribution in [0.3, 0.4) is 0 Å². The molecule has 0 aliphatic heterocycles. The van der Waals surface area contributed by atoms with Crippen LogP contribution < -0.4 is 0 Å². The van der Waals surface area contributed by atoms with E-state index < -0.39 is 11.7 Å². The normalized spacial score (nSPS) is 13.9. The molecule has 4 heteroatoms. The Kier molecular flexibility index (Phi) is 6.85. The van der Waals surface area contributed by atoms with Gasteiger partial charge in [0.15, 0.2) is 0 Å². The first kappa shape index (κ1) is 20.5. The number of ether oxygens (including phenoxy) is 1. The van der Waals surface area contributed by atoms with Gasteiger partial charge in [0.05, 0.1) is 11.7 Å². The van der Waals surface area contributed by atoms with E-state index in [1.807, 2.05) is 45.0 Å². The Balaban J connectivity index is 2.21. The third kappa shape index (κ3) is 5.58. The first-order valence-electron chi connectivity index (χ1n) is 8.98. The Hall–Kier alpha value is -1.84. The summed E-state index contributed by atoms with van der Waals surface area (Å²) in [4.78, 5) is 12.2. The fourth-order valence-corrected chi connectivity index (χ4v) is 3.04. The second kappa shape index (κ2) is 8.70. The summed E-state index contributed by atoms with van der Waals surface area (Å²) in [7, 11) is 0. The van der Waals surface area contributed by atoms with Crippen molar-refractivity contribution < 1.29 is 14.6 Å². The van der Waals surface area contributed by atoms with Gasteiger partial charge >= 0.3 is 5.97 Å². The third-order valence-electron chi connectivity index (χ3n) is 4.17. The van der Waals surface area contributed by atoms with Crippen molar-refractivity contribution in [2.45, 2.75) is 58.2 Å². The number of benzene rings is 2. The molecule has 1 unspecified atom stereocenters. The van der Waals surface area contributed by atoms with Crippen molar-refractivity contribution in [1.82, 2.24) is 0 Å². The van der Waals surface area contributed by atoms with Crippen molar-refractivity contribution in [1.29, 1.82) is 0 Å². The molecule has 0 saturated heterocycles. The van der Waals surface area contributed by atoms with Crippen molar-refractivity contribution in [3.05, 3.63) is 70.2 Å². The highest BCUT2D eigenvalue weighted by molar-refractivity contribution is 6.30. The molecule has 2 atom stereocenters. The molecule has 0 fully saturated rings. The summed E-state index contributed by atoms with van der Waals surface area (Å²) in [5.74, 6) is -0.386. The number of halogens is 1. The van der Waals surface area contributed by atoms with Gasteiger partial charge < -0.3 is 9.84 Å². The number of hydrogen-bond acceptors (Lipinski definition) is 3. The molecule has 0 bridgehead atoms. The number of hydrogen-bond donors (Lipinski definition) is 1. The Morgan fingerprint density at radius 1 is 1.04 bits per heavy atom. The lowest BCUT2D eigenvalue weighted by Gasteiger charge is -2.24. The molecule has 0 saturated carbocycles. The number of esters is 1. The fraction of sp³-hybridized carbons (Fsp3) is 0.409. The largest absolute Gasteiger partial charge is 0.456 e. The zero-order valence-electron chi connectivity index (χ0n) is 15.8. The molecule has 0 aromatic heterocycles. The van der Waals surface area contributed by atoms with Gasteiger partial charge in [-0.05, 0) is 62.6 Å². The van der Waals surface area contributed by atoms with Crippen molar-refractivity contribution in [3.8, 4) is 0 Å². The van der Waals surface area contributed by atoms with Crippen LogP contribution >= 0.6 is 11.6 Å². The van der Waals surface area contributed by atoms with Crippen LogP contribution in [0.5, 0.6) is 0 Å². The maximum Gasteiger partial charge on any atom is 0.338 e. The maximum absolute atomic E-state index is 12.2. The Bertz CT molecular complexity index is 715. The van der Waals surface area contributed by atoms with E-state index in [1.165, 1.54) is 0 Å². The fourth-order valence-electron chi connectivity index (χ4n) is 2.91. The van der Waals surface area contributed by atoms with Gasteiger partial charge in [-0.3, -0.25) is 0 Å². The second-order valence-corrected chi connectivity index (χ2v) is 7.95. The molecule has 1 N–H and O–H groups in total. The van der Waals surface area contributed by atoms with E-state index in [-0.39, 0.29) is 11.9 Å². The van der Waals surface area contributed by atoms with Crippen molar-refractivity contribution >= 4 is 17.6 Å². The van der Waals surface area contributed by atoms with Gasteiger partial charge in [-0.1, -0.05) is 49.2 Å². The van der Waals surface area contributed by atoms with E-state index in [9.17, 15) is 9.90 Å². The number of carbonyl (C=O) groups excluding carboxylic acids is 1. The summed E-state index contributed by atoms with van der Waals surface area (Å²) in [6, 6.07) is 14.6. The lowest BCUT2D eigenvalue weighted by atomic mass is 9.85. The zero-order valence-corrected chi connectivity index (χ0v) is 16.6. The summed E-state index contributed by atoms with van der Waals surface area (Å²) in [5.41, 5.74) is 1.83. The molecule has 0 amide bonds. The molecule has 0 aliphatic rings. The molecule has 0 heterocycles. The predicted octanol–water partition coefficient (Wildman–Crippen LogP) is 5.91. The molecular weight excluding hydrogens is 348 g/mol. The number of rotatable bonds is 6. The standard InChI is InChI=1S/C22H27ClO3/c1-5-6-19(20(24)16-11-13-18(23)14-12-16)15-7-9-17(10-8-15)21(25)26-22(2,3)4/h7-14,19-20,24H,5-6H2,1-4H3/t19-,20?/m1/s1. The average molecular weight is 375 g/mol. The summed E-state index contributed by atoms with van der Waals surface area (Å²) >= 11 is 5.94. The van der Waals surface area contributed by atoms with Gasteiger partial charge in [0, 0.05) is 10.9 Å². The highest BCUT2D eigenvalue weighted by atomic mass is 35.5. The van der Waals surface area contributed by atoms with Crippen molar-refractivity contribution in [3.63, 3.8) is 0 Å². The van der Waals surface area contributed by atoms with E-state index in [0.29, 0.717) is 10.6 Å². The van der Waals surface area contributed by atoms with E-state index in [2.05, 4.69) is 6.92 Å². The Labute approximate surface area is 161 Å². The minimum absolute atomic E-state index is 0.0473. The Morgan fingerprint density at radius 2 is 1.58 bits per heavy atom. The van der Waals surface area contributed by atoms with Crippen LogP contribution in [0.2, 0.25) is 5.02 Å². The molecule has 0 radical (unpaired) electrons. The quantitative estimate of drug-likeness (QED) is 0.639. The molecule has 140 valence electrons. The first-order chi connectivity index (χ1) is 12.2. The smallest absolute Gasteiger partial charge is 0.338 e. The van der Waals surface area contributed by atoms with Crippen LogP contribution in [0.4, 0.5) is 0 Å². The SMILES string of the molecule is CCC[C@H](c1ccc(C(=O)OC(C)(C)C)cc1)C(O)c1ccc(Cl)cc1. The predicted molar refractivity (Wildman–Crippen MR) is 106 cm³/mol. The van der Waals surface area contributed by atoms with Crippen LogP contribution in [0.15, 0.2) is 48.5 Å². The maximum atomic E-state index is 12.2. The van der Waals surface area contributed by atoms with Gasteiger partial charge in [-0.15, -0.1) is 0 Å². The van der Waals surface area contributed by atoms with Gasteiger partial charge in [0.25, 0.3) is 0 Å². The van der Waals surface area contributed by atoms with Gasteiger partial charge in [-0.2, -0.15) is 0 Å². The second-order valence-electron chi connectivity index (χ2n) is 7.52. The highest BCUT2D eigenvalue weighted by Crippen LogP contribution is 2.35. The summed E-state index contributed by atoms with van der Waals surface area (Å²) < 4.78 is 5.40. The molecular formula is C22H27ClO3. The van der Waals surface area contributed by atoms with E-state index in [1.54, 1.807) is 24.3 Å². The topological polar surface area (TPSA) is 46.5 Å². The van der Waals surface area contributed by atoms with Crippen LogP contribution in [0.1, 0.15) is 74.0 Å². The van der Waals surface area contributed by atoms with Crippen LogP contribution in [0, 0.1) is 0 Å². The van der Waals surface area contributed by atoms with Crippen molar-refractivity contribution in [2.24, 2.45) is 0 Å². The number of carbonyl (C=O) groups is 1. The summed E-state index contributed by atoms with van der Waals surface area (Å²) in [5, 5.41) is 11.5. The summed E-state index contributed by atoms with van der Waals surface area (Å²) in [6.45, 7) is 7.63. The van der Waals surface area contributed by atoms with E-state index in [0.717, 1.165) is 24.0 Å². The Morgan fingerprint density at radius 3 is 2.08 bits per heavy atom. The minimum Gasteiger partial charge on any atom is -0.456 e. The lowest BCUT2D eigenvalue weighted by Crippen LogP contribution is -2.23. The average Bonchev–Trinajstić information content (AvgIpc) is 2.58. The third-order valence-corrected chi connectivity index (χ3v) is 4.42. The zero-order chi connectivity index (χ0) is 19.3. The minimum atomic E-state index is -0.625. The molecule has 0 spiro atoms. The summed E-state index contributed by atoms with van der Waals surface area (Å²) in [6.07, 6.45) is 1.17. The lowest BCUT2D eigenvalue weighted by molar-refractivity contribution is 0.00695. The van der Waals surface area contributed by atoms with Gasteiger partial charge in [0.1, 0.15) is 5.60 Å². The number of aliphatic hydroxyl groups excluding tert-OH is 1. The van der Waals surface area contributed by atoms with Gasteiger partial charge in [-0.25, -0.2) is 4.79 Å². The van der Waals surface area contributed by atoms with E-state index in [4.69, 9.17) is 16.3 Å².